The molecule has 0 spiro atoms. The lowest BCUT2D eigenvalue weighted by Crippen LogP contribution is -1.99. The van der Waals surface area contributed by atoms with Crippen molar-refractivity contribution in [1.82, 2.24) is 15.0 Å². The van der Waals surface area contributed by atoms with E-state index in [0.717, 1.165) is 38.8 Å². The van der Waals surface area contributed by atoms with Gasteiger partial charge in [0.15, 0.2) is 23.2 Å². The fourth-order valence-electron chi connectivity index (χ4n) is 7.20. The number of para-hydroxylation sites is 1. The van der Waals surface area contributed by atoms with Gasteiger partial charge in [-0.1, -0.05) is 158 Å². The van der Waals surface area contributed by atoms with Crippen molar-refractivity contribution in [2.75, 3.05) is 0 Å². The average molecular weight is 652 g/mol. The van der Waals surface area contributed by atoms with E-state index in [4.69, 9.17) is 19.4 Å². The minimum absolute atomic E-state index is 0.495. The maximum Gasteiger partial charge on any atom is 0.199 e. The molecular formula is C47H29N3O. The molecule has 0 fully saturated rings. The molecular weight excluding hydrogens is 623 g/mol. The summed E-state index contributed by atoms with van der Waals surface area (Å²) in [6.45, 7) is 0. The van der Waals surface area contributed by atoms with E-state index in [-0.39, 0.29) is 0 Å². The lowest BCUT2D eigenvalue weighted by Gasteiger charge is -2.14. The van der Waals surface area contributed by atoms with Gasteiger partial charge < -0.3 is 4.42 Å². The molecule has 0 radical (unpaired) electrons. The van der Waals surface area contributed by atoms with E-state index in [9.17, 15) is 0 Å². The van der Waals surface area contributed by atoms with Gasteiger partial charge in [0.05, 0.1) is 0 Å². The van der Waals surface area contributed by atoms with Crippen molar-refractivity contribution in [3.63, 3.8) is 0 Å². The van der Waals surface area contributed by atoms with Gasteiger partial charge in [-0.05, 0) is 72.8 Å². The highest BCUT2D eigenvalue weighted by Crippen LogP contribution is 2.40. The first-order valence-corrected chi connectivity index (χ1v) is 17.1. The van der Waals surface area contributed by atoms with E-state index in [1.54, 1.807) is 0 Å². The molecule has 51 heavy (non-hydrogen) atoms. The van der Waals surface area contributed by atoms with Crippen LogP contribution in [0, 0.1) is 0 Å². The lowest BCUT2D eigenvalue weighted by atomic mass is 9.89. The van der Waals surface area contributed by atoms with E-state index < -0.39 is 0 Å². The first-order valence-electron chi connectivity index (χ1n) is 17.1. The van der Waals surface area contributed by atoms with Crippen LogP contribution in [0.4, 0.5) is 0 Å². The summed E-state index contributed by atoms with van der Waals surface area (Å²) in [7, 11) is 0. The lowest BCUT2D eigenvalue weighted by molar-refractivity contribution is 0.625. The number of hydrogen-bond donors (Lipinski definition) is 0. The molecule has 0 amide bonds. The summed E-state index contributed by atoms with van der Waals surface area (Å²) in [6, 6.07) is 61.4. The van der Waals surface area contributed by atoms with E-state index in [1.807, 2.05) is 36.4 Å². The normalized spacial score (nSPS) is 11.5. The van der Waals surface area contributed by atoms with Crippen LogP contribution in [-0.4, -0.2) is 15.0 Å². The number of benzene rings is 8. The summed E-state index contributed by atoms with van der Waals surface area (Å²) >= 11 is 0. The second-order valence-electron chi connectivity index (χ2n) is 12.8. The van der Waals surface area contributed by atoms with Crippen LogP contribution >= 0.6 is 0 Å². The topological polar surface area (TPSA) is 51.8 Å². The third kappa shape index (κ3) is 5.13. The molecule has 0 atom stereocenters. The van der Waals surface area contributed by atoms with Crippen LogP contribution in [-0.2, 0) is 0 Å². The molecule has 238 valence electrons. The van der Waals surface area contributed by atoms with Gasteiger partial charge >= 0.3 is 0 Å². The van der Waals surface area contributed by atoms with Gasteiger partial charge in [-0.25, -0.2) is 15.0 Å². The number of rotatable bonds is 5. The predicted molar refractivity (Wildman–Crippen MR) is 209 cm³/mol. The predicted octanol–water partition coefficient (Wildman–Crippen LogP) is 12.4. The smallest absolute Gasteiger partial charge is 0.199 e. The Hall–Kier alpha value is -6.91. The van der Waals surface area contributed by atoms with Crippen LogP contribution in [0.25, 0.3) is 99.9 Å². The standard InChI is InChI=1S/C47H29N3O/c1-2-10-30(11-3-1)31-18-22-34(23-19-31)45-48-46(50-47(49-45)43-29-37-14-6-9-17-42(37)51-43)35-24-20-33(21-25-35)44-39-16-8-5-13-36(39)28-41-38-15-7-4-12-32(38)26-27-40(41)44/h1-29H. The third-order valence-electron chi connectivity index (χ3n) is 9.73. The molecule has 0 unspecified atom stereocenters. The van der Waals surface area contributed by atoms with E-state index >= 15 is 0 Å². The van der Waals surface area contributed by atoms with Gasteiger partial charge in [0.2, 0.25) is 0 Å². The monoisotopic (exact) mass is 651 g/mol. The molecule has 0 bridgehead atoms. The number of furan rings is 1. The molecule has 0 N–H and O–H groups in total. The Kier molecular flexibility index (Phi) is 6.78. The molecule has 4 heteroatoms. The summed E-state index contributed by atoms with van der Waals surface area (Å²) < 4.78 is 6.25. The van der Waals surface area contributed by atoms with E-state index in [2.05, 4.69) is 140 Å². The second kappa shape index (κ2) is 11.9. The van der Waals surface area contributed by atoms with E-state index in [0.29, 0.717) is 23.2 Å². The highest BCUT2D eigenvalue weighted by Gasteiger charge is 2.17. The van der Waals surface area contributed by atoms with Gasteiger partial charge in [-0.15, -0.1) is 0 Å². The zero-order valence-electron chi connectivity index (χ0n) is 27.5. The minimum Gasteiger partial charge on any atom is -0.453 e. The SMILES string of the molecule is c1ccc(-c2ccc(-c3nc(-c4ccc(-c5c6ccccc6cc6c5ccc5ccccc56)cc4)nc(-c4cc5ccccc5o4)n3)cc2)cc1. The first-order chi connectivity index (χ1) is 25.2. The number of fused-ring (bicyclic) bond motifs is 5. The second-order valence-corrected chi connectivity index (χ2v) is 12.8. The Morgan fingerprint density at radius 1 is 0.314 bits per heavy atom. The molecule has 0 aliphatic heterocycles. The molecule has 2 aromatic heterocycles. The average Bonchev–Trinajstić information content (AvgIpc) is 3.65. The summed E-state index contributed by atoms with van der Waals surface area (Å²) in [5, 5.41) is 8.42. The molecule has 10 rings (SSSR count). The Bertz CT molecular complexity index is 2860. The molecule has 10 aromatic rings. The van der Waals surface area contributed by atoms with Crippen molar-refractivity contribution in [1.29, 1.82) is 0 Å². The van der Waals surface area contributed by atoms with Crippen LogP contribution in [0.2, 0.25) is 0 Å². The molecule has 8 aromatic carbocycles. The van der Waals surface area contributed by atoms with Gasteiger partial charge in [0.25, 0.3) is 0 Å². The fourth-order valence-corrected chi connectivity index (χ4v) is 7.20. The minimum atomic E-state index is 0.495. The quantitative estimate of drug-likeness (QED) is 0.137. The van der Waals surface area contributed by atoms with Crippen LogP contribution < -0.4 is 0 Å². The van der Waals surface area contributed by atoms with Crippen LogP contribution in [0.5, 0.6) is 0 Å². The molecule has 0 saturated carbocycles. The largest absolute Gasteiger partial charge is 0.453 e. The third-order valence-corrected chi connectivity index (χ3v) is 9.73. The number of aromatic nitrogens is 3. The van der Waals surface area contributed by atoms with Gasteiger partial charge in [0, 0.05) is 16.5 Å². The highest BCUT2D eigenvalue weighted by atomic mass is 16.3. The van der Waals surface area contributed by atoms with Crippen molar-refractivity contribution < 1.29 is 4.42 Å². The Labute approximate surface area is 294 Å². The van der Waals surface area contributed by atoms with Gasteiger partial charge in [-0.2, -0.15) is 0 Å². The first kappa shape index (κ1) is 29.0. The van der Waals surface area contributed by atoms with Crippen LogP contribution in [0.15, 0.2) is 180 Å². The van der Waals surface area contributed by atoms with Crippen molar-refractivity contribution in [2.24, 2.45) is 0 Å². The Morgan fingerprint density at radius 2 is 0.863 bits per heavy atom. The fraction of sp³-hybridized carbons (Fsp3) is 0. The van der Waals surface area contributed by atoms with Gasteiger partial charge in [0.1, 0.15) is 5.58 Å². The zero-order valence-corrected chi connectivity index (χ0v) is 27.5. The molecule has 0 saturated heterocycles. The maximum absolute atomic E-state index is 6.25. The number of nitrogens with zero attached hydrogens (tertiary/aromatic N) is 3. The molecule has 0 aliphatic rings. The van der Waals surface area contributed by atoms with Crippen molar-refractivity contribution in [2.45, 2.75) is 0 Å². The molecule has 2 heterocycles. The van der Waals surface area contributed by atoms with Crippen molar-refractivity contribution in [3.8, 4) is 56.6 Å². The zero-order chi connectivity index (χ0) is 33.7. The molecule has 4 nitrogen and oxygen atoms in total. The Morgan fingerprint density at radius 3 is 1.59 bits per heavy atom. The number of hydrogen-bond acceptors (Lipinski definition) is 4. The van der Waals surface area contributed by atoms with Crippen molar-refractivity contribution >= 4 is 43.3 Å². The molecule has 0 aliphatic carbocycles. The summed E-state index contributed by atoms with van der Waals surface area (Å²) in [6.07, 6.45) is 0. The van der Waals surface area contributed by atoms with Gasteiger partial charge in [-0.3, -0.25) is 0 Å². The van der Waals surface area contributed by atoms with Crippen LogP contribution in [0.3, 0.4) is 0 Å². The highest BCUT2D eigenvalue weighted by molar-refractivity contribution is 6.20. The summed E-state index contributed by atoms with van der Waals surface area (Å²) in [5.41, 5.74) is 7.25. The summed E-state index contributed by atoms with van der Waals surface area (Å²) in [4.78, 5) is 14.9. The maximum atomic E-state index is 6.25. The van der Waals surface area contributed by atoms with Crippen LogP contribution in [0.1, 0.15) is 0 Å². The van der Waals surface area contributed by atoms with Crippen molar-refractivity contribution in [3.05, 3.63) is 176 Å². The van der Waals surface area contributed by atoms with E-state index in [1.165, 1.54) is 37.9 Å². The Balaban J connectivity index is 1.11. The summed E-state index contributed by atoms with van der Waals surface area (Å²) in [5.74, 6) is 2.27.